The maximum absolute atomic E-state index is 4.46. The molecule has 0 radical (unpaired) electrons. The average Bonchev–Trinajstić information content (AvgIpc) is 2.83. The molecule has 1 N–H and O–H groups in total. The number of aryl methyl sites for hydroxylation is 2. The van der Waals surface area contributed by atoms with Gasteiger partial charge in [-0.05, 0) is 36.7 Å². The molecule has 108 valence electrons. The molecule has 3 nitrogen and oxygen atoms in total. The van der Waals surface area contributed by atoms with E-state index in [0.717, 1.165) is 12.1 Å². The molecular formula is C18H21N3. The molecule has 3 heteroatoms. The molecule has 0 amide bonds. The lowest BCUT2D eigenvalue weighted by Gasteiger charge is -2.17. The molecule has 0 aliphatic carbocycles. The number of aromatic nitrogens is 2. The largest absolute Gasteiger partial charge is 0.313 e. The van der Waals surface area contributed by atoms with Crippen molar-refractivity contribution in [1.82, 2.24) is 15.1 Å². The molecule has 1 heterocycles. The second kappa shape index (κ2) is 5.70. The molecule has 0 aliphatic rings. The highest BCUT2D eigenvalue weighted by Crippen LogP contribution is 2.25. The highest BCUT2D eigenvalue weighted by molar-refractivity contribution is 5.85. The van der Waals surface area contributed by atoms with Crippen LogP contribution in [0.1, 0.15) is 22.9 Å². The summed E-state index contributed by atoms with van der Waals surface area (Å²) in [6, 6.07) is 15.4. The van der Waals surface area contributed by atoms with Crippen LogP contribution in [0.3, 0.4) is 0 Å². The Morgan fingerprint density at radius 2 is 1.90 bits per heavy atom. The Labute approximate surface area is 125 Å². The molecule has 21 heavy (non-hydrogen) atoms. The Hall–Kier alpha value is -2.13. The van der Waals surface area contributed by atoms with Crippen molar-refractivity contribution in [2.45, 2.75) is 19.4 Å². The number of fused-ring (bicyclic) bond motifs is 1. The summed E-state index contributed by atoms with van der Waals surface area (Å²) in [6.07, 6.45) is 3.08. The zero-order valence-corrected chi connectivity index (χ0v) is 12.8. The summed E-state index contributed by atoms with van der Waals surface area (Å²) in [4.78, 5) is 0. The van der Waals surface area contributed by atoms with E-state index >= 15 is 0 Å². The van der Waals surface area contributed by atoms with Gasteiger partial charge in [0.05, 0.1) is 5.69 Å². The van der Waals surface area contributed by atoms with Gasteiger partial charge in [-0.1, -0.05) is 42.5 Å². The molecule has 0 fully saturated rings. The van der Waals surface area contributed by atoms with Gasteiger partial charge in [0.15, 0.2) is 0 Å². The van der Waals surface area contributed by atoms with Crippen molar-refractivity contribution in [2.75, 3.05) is 7.05 Å². The van der Waals surface area contributed by atoms with Gasteiger partial charge >= 0.3 is 0 Å². The normalized spacial score (nSPS) is 12.7. The minimum absolute atomic E-state index is 0.282. The summed E-state index contributed by atoms with van der Waals surface area (Å²) >= 11 is 0. The summed E-state index contributed by atoms with van der Waals surface area (Å²) in [5, 5.41) is 10.5. The molecule has 0 saturated heterocycles. The van der Waals surface area contributed by atoms with Gasteiger partial charge in [0.1, 0.15) is 0 Å². The van der Waals surface area contributed by atoms with E-state index in [1.807, 2.05) is 18.8 Å². The number of nitrogens with zero attached hydrogens (tertiary/aromatic N) is 2. The van der Waals surface area contributed by atoms with Crippen LogP contribution in [0.5, 0.6) is 0 Å². The molecule has 0 bridgehead atoms. The van der Waals surface area contributed by atoms with Crippen LogP contribution in [-0.2, 0) is 13.5 Å². The van der Waals surface area contributed by atoms with Crippen molar-refractivity contribution in [3.63, 3.8) is 0 Å². The van der Waals surface area contributed by atoms with Crippen LogP contribution in [0.15, 0.2) is 48.7 Å². The van der Waals surface area contributed by atoms with Gasteiger partial charge in [0.25, 0.3) is 0 Å². The lowest BCUT2D eigenvalue weighted by Crippen LogP contribution is -2.19. The van der Waals surface area contributed by atoms with E-state index in [0.29, 0.717) is 0 Å². The van der Waals surface area contributed by atoms with Gasteiger partial charge in [-0.15, -0.1) is 0 Å². The number of benzene rings is 2. The van der Waals surface area contributed by atoms with Crippen LogP contribution in [0.4, 0.5) is 0 Å². The average molecular weight is 279 g/mol. The minimum atomic E-state index is 0.282. The van der Waals surface area contributed by atoms with Crippen LogP contribution >= 0.6 is 0 Å². The molecule has 1 aromatic heterocycles. The standard InChI is InChI=1S/C18H21N3/c1-13-17(12-21(3)20-13)18(19-2)11-15-9-6-8-14-7-4-5-10-16(14)15/h4-10,12,18-19H,11H2,1-3H3. The van der Waals surface area contributed by atoms with Crippen LogP contribution < -0.4 is 5.32 Å². The van der Waals surface area contributed by atoms with Gasteiger partial charge in [0, 0.05) is 24.8 Å². The smallest absolute Gasteiger partial charge is 0.0641 e. The first-order valence-electron chi connectivity index (χ1n) is 7.33. The lowest BCUT2D eigenvalue weighted by molar-refractivity contribution is 0.590. The van der Waals surface area contributed by atoms with E-state index in [4.69, 9.17) is 0 Å². The molecular weight excluding hydrogens is 258 g/mol. The van der Waals surface area contributed by atoms with Gasteiger partial charge in [-0.3, -0.25) is 4.68 Å². The monoisotopic (exact) mass is 279 g/mol. The van der Waals surface area contributed by atoms with E-state index in [-0.39, 0.29) is 6.04 Å². The summed E-state index contributed by atoms with van der Waals surface area (Å²) in [5.41, 5.74) is 3.74. The van der Waals surface area contributed by atoms with Crippen LogP contribution in [0.25, 0.3) is 10.8 Å². The Morgan fingerprint density at radius 1 is 1.14 bits per heavy atom. The van der Waals surface area contributed by atoms with Crippen molar-refractivity contribution < 1.29 is 0 Å². The zero-order valence-electron chi connectivity index (χ0n) is 12.8. The lowest BCUT2D eigenvalue weighted by atomic mass is 9.95. The van der Waals surface area contributed by atoms with Gasteiger partial charge < -0.3 is 5.32 Å². The van der Waals surface area contributed by atoms with Crippen molar-refractivity contribution in [3.05, 3.63) is 65.5 Å². The first-order chi connectivity index (χ1) is 10.2. The third kappa shape index (κ3) is 2.69. The molecule has 1 unspecified atom stereocenters. The minimum Gasteiger partial charge on any atom is -0.313 e. The molecule has 0 spiro atoms. The van der Waals surface area contributed by atoms with E-state index in [9.17, 15) is 0 Å². The Balaban J connectivity index is 1.98. The number of likely N-dealkylation sites (N-methyl/N-ethyl adjacent to an activating group) is 1. The number of hydrogen-bond acceptors (Lipinski definition) is 2. The molecule has 2 aromatic carbocycles. The predicted octanol–water partition coefficient (Wildman–Crippen LogP) is 3.38. The highest BCUT2D eigenvalue weighted by Gasteiger charge is 2.16. The molecule has 3 rings (SSSR count). The van der Waals surface area contributed by atoms with E-state index in [1.165, 1.54) is 21.9 Å². The van der Waals surface area contributed by atoms with Crippen LogP contribution in [-0.4, -0.2) is 16.8 Å². The first-order valence-corrected chi connectivity index (χ1v) is 7.33. The van der Waals surface area contributed by atoms with Gasteiger partial charge in [-0.25, -0.2) is 0 Å². The third-order valence-corrected chi connectivity index (χ3v) is 4.08. The Kier molecular flexibility index (Phi) is 3.76. The summed E-state index contributed by atoms with van der Waals surface area (Å²) in [6.45, 7) is 2.07. The quantitative estimate of drug-likeness (QED) is 0.793. The second-order valence-electron chi connectivity index (χ2n) is 5.53. The van der Waals surface area contributed by atoms with Crippen molar-refractivity contribution >= 4 is 10.8 Å². The fourth-order valence-electron chi connectivity index (χ4n) is 3.02. The first kappa shape index (κ1) is 13.8. The van der Waals surface area contributed by atoms with E-state index < -0.39 is 0 Å². The fourth-order valence-corrected chi connectivity index (χ4v) is 3.02. The van der Waals surface area contributed by atoms with Crippen LogP contribution in [0.2, 0.25) is 0 Å². The zero-order chi connectivity index (χ0) is 14.8. The van der Waals surface area contributed by atoms with Crippen molar-refractivity contribution in [2.24, 2.45) is 7.05 Å². The van der Waals surface area contributed by atoms with Gasteiger partial charge in [0.2, 0.25) is 0 Å². The summed E-state index contributed by atoms with van der Waals surface area (Å²) in [7, 11) is 3.99. The molecule has 0 saturated carbocycles. The topological polar surface area (TPSA) is 29.9 Å². The number of nitrogens with one attached hydrogen (secondary N) is 1. The number of hydrogen-bond donors (Lipinski definition) is 1. The molecule has 1 atom stereocenters. The summed E-state index contributed by atoms with van der Waals surface area (Å²) in [5.74, 6) is 0. The summed E-state index contributed by atoms with van der Waals surface area (Å²) < 4.78 is 1.89. The third-order valence-electron chi connectivity index (χ3n) is 4.08. The van der Waals surface area contributed by atoms with Gasteiger partial charge in [-0.2, -0.15) is 5.10 Å². The highest BCUT2D eigenvalue weighted by atomic mass is 15.3. The molecule has 3 aromatic rings. The molecule has 0 aliphatic heterocycles. The second-order valence-corrected chi connectivity index (χ2v) is 5.53. The Morgan fingerprint density at radius 3 is 2.62 bits per heavy atom. The maximum Gasteiger partial charge on any atom is 0.0641 e. The SMILES string of the molecule is CNC(Cc1cccc2ccccc12)c1cn(C)nc1C. The Bertz CT molecular complexity index is 753. The van der Waals surface area contributed by atoms with Crippen LogP contribution in [0, 0.1) is 6.92 Å². The van der Waals surface area contributed by atoms with E-state index in [2.05, 4.69) is 66.0 Å². The fraction of sp³-hybridized carbons (Fsp3) is 0.278. The maximum atomic E-state index is 4.46. The number of rotatable bonds is 4. The van der Waals surface area contributed by atoms with E-state index in [1.54, 1.807) is 0 Å². The van der Waals surface area contributed by atoms with Crippen molar-refractivity contribution in [1.29, 1.82) is 0 Å². The van der Waals surface area contributed by atoms with Crippen molar-refractivity contribution in [3.8, 4) is 0 Å². The predicted molar refractivity (Wildman–Crippen MR) is 87.4 cm³/mol.